The molecule has 18 heavy (non-hydrogen) atoms. The number of ether oxygens (including phenoxy) is 1. The van der Waals surface area contributed by atoms with Crippen molar-refractivity contribution in [3.8, 4) is 0 Å². The highest BCUT2D eigenvalue weighted by Crippen LogP contribution is 2.13. The van der Waals surface area contributed by atoms with Crippen LogP contribution < -0.4 is 11.2 Å². The van der Waals surface area contributed by atoms with Crippen molar-refractivity contribution in [1.82, 2.24) is 9.55 Å². The van der Waals surface area contributed by atoms with Gasteiger partial charge < -0.3 is 9.84 Å². The number of nitrogens with one attached hydrogen (secondary N) is 1. The molecule has 0 aliphatic carbocycles. The summed E-state index contributed by atoms with van der Waals surface area (Å²) in [6.45, 7) is 6.85. The minimum atomic E-state index is -0.614. The van der Waals surface area contributed by atoms with E-state index in [1.807, 2.05) is 6.92 Å². The highest BCUT2D eigenvalue weighted by molar-refractivity contribution is 5.01. The van der Waals surface area contributed by atoms with Gasteiger partial charge in [-0.05, 0) is 27.2 Å². The Bertz CT molecular complexity index is 504. The van der Waals surface area contributed by atoms with Crippen molar-refractivity contribution in [2.24, 2.45) is 0 Å². The fraction of sp³-hybridized carbons (Fsp3) is 0.667. The van der Waals surface area contributed by atoms with Gasteiger partial charge in [0.1, 0.15) is 6.23 Å². The maximum Gasteiger partial charge on any atom is 0.330 e. The van der Waals surface area contributed by atoms with Crippen LogP contribution in [0.25, 0.3) is 0 Å². The third-order valence-electron chi connectivity index (χ3n) is 2.85. The van der Waals surface area contributed by atoms with E-state index in [9.17, 15) is 14.7 Å². The van der Waals surface area contributed by atoms with E-state index < -0.39 is 23.6 Å². The summed E-state index contributed by atoms with van der Waals surface area (Å²) in [6.07, 6.45) is 0.586. The third kappa shape index (κ3) is 3.30. The molecule has 2 N–H and O–H groups in total. The Morgan fingerprint density at radius 2 is 2.06 bits per heavy atom. The molecule has 0 aliphatic heterocycles. The summed E-state index contributed by atoms with van der Waals surface area (Å²) in [5, 5.41) is 9.51. The monoisotopic (exact) mass is 256 g/mol. The Labute approximate surface area is 105 Å². The molecule has 6 heteroatoms. The number of rotatable bonds is 5. The van der Waals surface area contributed by atoms with Crippen LogP contribution in [-0.4, -0.2) is 26.9 Å². The summed E-state index contributed by atoms with van der Waals surface area (Å²) in [7, 11) is 0. The zero-order valence-corrected chi connectivity index (χ0v) is 11.1. The molecule has 0 saturated heterocycles. The van der Waals surface area contributed by atoms with Crippen molar-refractivity contribution in [1.29, 1.82) is 0 Å². The van der Waals surface area contributed by atoms with Crippen LogP contribution in [0.3, 0.4) is 0 Å². The largest absolute Gasteiger partial charge is 0.391 e. The van der Waals surface area contributed by atoms with Gasteiger partial charge in [-0.1, -0.05) is 6.92 Å². The molecule has 0 saturated carbocycles. The van der Waals surface area contributed by atoms with Gasteiger partial charge in [0.2, 0.25) is 0 Å². The fourth-order valence-corrected chi connectivity index (χ4v) is 1.73. The molecule has 0 bridgehead atoms. The summed E-state index contributed by atoms with van der Waals surface area (Å²) < 4.78 is 6.92. The molecule has 102 valence electrons. The molecule has 1 rings (SSSR count). The fourth-order valence-electron chi connectivity index (χ4n) is 1.73. The van der Waals surface area contributed by atoms with E-state index in [1.54, 1.807) is 20.8 Å². The minimum Gasteiger partial charge on any atom is -0.391 e. The van der Waals surface area contributed by atoms with Crippen LogP contribution in [0.5, 0.6) is 0 Å². The number of hydrogen-bond donors (Lipinski definition) is 2. The van der Waals surface area contributed by atoms with E-state index >= 15 is 0 Å². The van der Waals surface area contributed by atoms with Crippen molar-refractivity contribution in [3.05, 3.63) is 32.6 Å². The van der Waals surface area contributed by atoms with Crippen molar-refractivity contribution in [3.63, 3.8) is 0 Å². The first kappa shape index (κ1) is 14.7. The highest BCUT2D eigenvalue weighted by atomic mass is 16.5. The first-order chi connectivity index (χ1) is 8.36. The molecule has 1 aromatic heterocycles. The maximum atomic E-state index is 11.6. The van der Waals surface area contributed by atoms with Gasteiger partial charge in [0.15, 0.2) is 0 Å². The van der Waals surface area contributed by atoms with Crippen molar-refractivity contribution < 1.29 is 9.84 Å². The molecule has 0 amide bonds. The number of aromatic amines is 1. The molecule has 0 aliphatic rings. The van der Waals surface area contributed by atoms with Crippen LogP contribution >= 0.6 is 0 Å². The molecule has 3 atom stereocenters. The molecule has 0 radical (unpaired) electrons. The summed E-state index contributed by atoms with van der Waals surface area (Å²) in [5.74, 6) is 0. The predicted molar refractivity (Wildman–Crippen MR) is 67.6 cm³/mol. The molecular formula is C12H20N2O4. The average molecular weight is 256 g/mol. The molecule has 1 aromatic rings. The third-order valence-corrected chi connectivity index (χ3v) is 2.85. The zero-order chi connectivity index (χ0) is 13.9. The number of H-pyrrole nitrogens is 1. The Morgan fingerprint density at radius 1 is 1.44 bits per heavy atom. The average Bonchev–Trinajstić information content (AvgIpc) is 2.29. The van der Waals surface area contributed by atoms with E-state index in [2.05, 4.69) is 4.98 Å². The van der Waals surface area contributed by atoms with Crippen LogP contribution in [0.1, 0.15) is 39.0 Å². The normalized spacial score (nSPS) is 16.3. The van der Waals surface area contributed by atoms with Gasteiger partial charge in [-0.2, -0.15) is 0 Å². The second kappa shape index (κ2) is 5.97. The lowest BCUT2D eigenvalue weighted by molar-refractivity contribution is -0.0954. The van der Waals surface area contributed by atoms with E-state index in [0.29, 0.717) is 12.0 Å². The Balaban J connectivity index is 2.97. The second-order valence-corrected chi connectivity index (χ2v) is 4.40. The van der Waals surface area contributed by atoms with E-state index in [0.717, 1.165) is 0 Å². The van der Waals surface area contributed by atoms with Crippen LogP contribution in [0.15, 0.2) is 15.8 Å². The number of aliphatic hydroxyl groups excluding tert-OH is 1. The van der Waals surface area contributed by atoms with Gasteiger partial charge in [0.25, 0.3) is 5.56 Å². The first-order valence-electron chi connectivity index (χ1n) is 6.02. The van der Waals surface area contributed by atoms with Gasteiger partial charge in [-0.3, -0.25) is 14.3 Å². The highest BCUT2D eigenvalue weighted by Gasteiger charge is 2.18. The second-order valence-electron chi connectivity index (χ2n) is 4.40. The maximum absolute atomic E-state index is 11.6. The molecule has 0 spiro atoms. The van der Waals surface area contributed by atoms with Crippen LogP contribution in [-0.2, 0) is 4.74 Å². The summed E-state index contributed by atoms with van der Waals surface area (Å²) in [6, 6.07) is 0. The van der Waals surface area contributed by atoms with Gasteiger partial charge in [0.05, 0.1) is 12.2 Å². The van der Waals surface area contributed by atoms with Crippen LogP contribution in [0.4, 0.5) is 0 Å². The summed E-state index contributed by atoms with van der Waals surface area (Å²) >= 11 is 0. The lowest BCUT2D eigenvalue weighted by atomic mass is 10.2. The molecule has 1 heterocycles. The number of aromatic nitrogens is 2. The summed E-state index contributed by atoms with van der Waals surface area (Å²) in [4.78, 5) is 25.1. The predicted octanol–water partition coefficient (Wildman–Crippen LogP) is 0.540. The SMILES string of the molecule is CC[C@@H](O[C@H](C)n1cc(C)c(=O)[nH]c1=O)[C@H](C)O. The first-order valence-corrected chi connectivity index (χ1v) is 6.02. The van der Waals surface area contributed by atoms with Crippen molar-refractivity contribution in [2.75, 3.05) is 0 Å². The molecule has 0 aromatic carbocycles. The van der Waals surface area contributed by atoms with Gasteiger partial charge in [0, 0.05) is 11.8 Å². The topological polar surface area (TPSA) is 84.3 Å². The van der Waals surface area contributed by atoms with Gasteiger partial charge >= 0.3 is 5.69 Å². The van der Waals surface area contributed by atoms with E-state index in [4.69, 9.17) is 4.74 Å². The summed E-state index contributed by atoms with van der Waals surface area (Å²) in [5.41, 5.74) is -0.472. The zero-order valence-electron chi connectivity index (χ0n) is 11.1. The quantitative estimate of drug-likeness (QED) is 0.805. The Kier molecular flexibility index (Phi) is 4.86. The lowest BCUT2D eigenvalue weighted by Gasteiger charge is -2.24. The molecule has 0 unspecified atom stereocenters. The van der Waals surface area contributed by atoms with Gasteiger partial charge in [-0.25, -0.2) is 4.79 Å². The van der Waals surface area contributed by atoms with Crippen LogP contribution in [0, 0.1) is 6.92 Å². The number of aryl methyl sites for hydroxylation is 1. The number of aliphatic hydroxyl groups is 1. The number of hydrogen-bond acceptors (Lipinski definition) is 4. The molecular weight excluding hydrogens is 236 g/mol. The molecule has 6 nitrogen and oxygen atoms in total. The lowest BCUT2D eigenvalue weighted by Crippen LogP contribution is -2.36. The van der Waals surface area contributed by atoms with Crippen LogP contribution in [0.2, 0.25) is 0 Å². The molecule has 0 fully saturated rings. The van der Waals surface area contributed by atoms with Crippen molar-refractivity contribution >= 4 is 0 Å². The van der Waals surface area contributed by atoms with E-state index in [-0.39, 0.29) is 6.10 Å². The van der Waals surface area contributed by atoms with Gasteiger partial charge in [-0.15, -0.1) is 0 Å². The number of nitrogens with zero attached hydrogens (tertiary/aromatic N) is 1. The van der Waals surface area contributed by atoms with E-state index in [1.165, 1.54) is 10.8 Å². The standard InChI is InChI=1S/C12H20N2O4/c1-5-10(8(3)15)18-9(4)14-6-7(2)11(16)13-12(14)17/h6,8-10,15H,5H2,1-4H3,(H,13,16,17)/t8-,9+,10+/m0/s1. The van der Waals surface area contributed by atoms with Crippen molar-refractivity contribution in [2.45, 2.75) is 52.6 Å². The Hall–Kier alpha value is -1.40. The minimum absolute atomic E-state index is 0.348. The Morgan fingerprint density at radius 3 is 2.56 bits per heavy atom. The smallest absolute Gasteiger partial charge is 0.330 e.